The molecule has 0 atom stereocenters. The van der Waals surface area contributed by atoms with Gasteiger partial charge in [-0.15, -0.1) is 0 Å². The van der Waals surface area contributed by atoms with E-state index in [1.165, 1.54) is 6.33 Å². The lowest BCUT2D eigenvalue weighted by Gasteiger charge is -1.92. The summed E-state index contributed by atoms with van der Waals surface area (Å²) >= 11 is 5.77. The molecule has 0 aliphatic carbocycles. The van der Waals surface area contributed by atoms with Gasteiger partial charge in [-0.2, -0.15) is 0 Å². The lowest BCUT2D eigenvalue weighted by molar-refractivity contribution is 1.13. The third-order valence-electron chi connectivity index (χ3n) is 1.51. The van der Waals surface area contributed by atoms with E-state index >= 15 is 0 Å². The zero-order valence-electron chi connectivity index (χ0n) is 6.11. The van der Waals surface area contributed by atoms with E-state index < -0.39 is 0 Å². The van der Waals surface area contributed by atoms with Gasteiger partial charge in [0.1, 0.15) is 18.2 Å². The van der Waals surface area contributed by atoms with E-state index in [-0.39, 0.29) is 0 Å². The molecule has 0 unspecified atom stereocenters. The van der Waals surface area contributed by atoms with E-state index in [1.807, 2.05) is 0 Å². The first-order chi connectivity index (χ1) is 5.83. The Kier molecular flexibility index (Phi) is 1.55. The Balaban J connectivity index is 2.88. The molecular weight excluding hydrogens is 176 g/mol. The zero-order valence-corrected chi connectivity index (χ0v) is 6.86. The molecule has 0 spiro atoms. The number of nitrogens with zero attached hydrogens (tertiary/aromatic N) is 4. The second-order valence-electron chi connectivity index (χ2n) is 2.17. The van der Waals surface area contributed by atoms with Crippen molar-refractivity contribution in [3.8, 4) is 0 Å². The number of fused-ring (bicyclic) bond motifs is 1. The van der Waals surface area contributed by atoms with Crippen molar-refractivity contribution >= 4 is 29.0 Å². The molecule has 12 heavy (non-hydrogen) atoms. The maximum Gasteiger partial charge on any atom is 0.168 e. The highest BCUT2D eigenvalue weighted by molar-refractivity contribution is 6.33. The van der Waals surface area contributed by atoms with Crippen LogP contribution in [0.15, 0.2) is 19.2 Å². The number of imidazole rings is 1. The molecule has 0 bridgehead atoms. The SMILES string of the molecule is C=Cn1cnc2c(Cl)ncnc21. The summed E-state index contributed by atoms with van der Waals surface area (Å²) in [5.74, 6) is 0. The van der Waals surface area contributed by atoms with Crippen LogP contribution >= 0.6 is 11.6 Å². The van der Waals surface area contributed by atoms with Crippen molar-refractivity contribution in [1.29, 1.82) is 0 Å². The van der Waals surface area contributed by atoms with Crippen molar-refractivity contribution in [3.05, 3.63) is 24.4 Å². The largest absolute Gasteiger partial charge is 0.291 e. The van der Waals surface area contributed by atoms with Crippen LogP contribution < -0.4 is 0 Å². The summed E-state index contributed by atoms with van der Waals surface area (Å²) in [6.07, 6.45) is 4.60. The minimum atomic E-state index is 0.362. The second kappa shape index (κ2) is 2.57. The van der Waals surface area contributed by atoms with E-state index in [9.17, 15) is 0 Å². The van der Waals surface area contributed by atoms with Crippen molar-refractivity contribution in [2.75, 3.05) is 0 Å². The van der Waals surface area contributed by atoms with E-state index in [4.69, 9.17) is 11.6 Å². The van der Waals surface area contributed by atoms with Gasteiger partial charge in [0.15, 0.2) is 10.8 Å². The lowest BCUT2D eigenvalue weighted by atomic mass is 10.5. The standard InChI is InChI=1S/C7H5ClN4/c1-2-12-4-11-5-6(8)9-3-10-7(5)12/h2-4H,1H2. The molecule has 0 saturated carbocycles. The van der Waals surface area contributed by atoms with Crippen molar-refractivity contribution in [2.24, 2.45) is 0 Å². The number of rotatable bonds is 1. The maximum absolute atomic E-state index is 5.77. The summed E-state index contributed by atoms with van der Waals surface area (Å²) in [6.45, 7) is 3.60. The molecule has 0 aliphatic rings. The first-order valence-corrected chi connectivity index (χ1v) is 3.66. The van der Waals surface area contributed by atoms with E-state index in [2.05, 4.69) is 21.5 Å². The monoisotopic (exact) mass is 180 g/mol. The minimum Gasteiger partial charge on any atom is -0.291 e. The quantitative estimate of drug-likeness (QED) is 0.626. The third kappa shape index (κ3) is 0.887. The van der Waals surface area contributed by atoms with Gasteiger partial charge in [-0.05, 0) is 0 Å². The van der Waals surface area contributed by atoms with Crippen LogP contribution in [0.25, 0.3) is 17.4 Å². The Labute approximate surface area is 73.5 Å². The van der Waals surface area contributed by atoms with Crippen LogP contribution in [-0.2, 0) is 0 Å². The Morgan fingerprint density at radius 3 is 3.00 bits per heavy atom. The average Bonchev–Trinajstić information content (AvgIpc) is 2.49. The van der Waals surface area contributed by atoms with Crippen LogP contribution in [0.1, 0.15) is 0 Å². The van der Waals surface area contributed by atoms with Crippen molar-refractivity contribution in [1.82, 2.24) is 19.5 Å². The zero-order chi connectivity index (χ0) is 8.55. The van der Waals surface area contributed by atoms with E-state index in [0.29, 0.717) is 16.3 Å². The average molecular weight is 181 g/mol. The van der Waals surface area contributed by atoms with E-state index in [0.717, 1.165) is 0 Å². The Bertz CT molecular complexity index is 434. The molecule has 2 aromatic heterocycles. The fourth-order valence-electron chi connectivity index (χ4n) is 0.957. The van der Waals surface area contributed by atoms with Crippen molar-refractivity contribution in [3.63, 3.8) is 0 Å². The molecule has 0 N–H and O–H groups in total. The van der Waals surface area contributed by atoms with Crippen LogP contribution in [-0.4, -0.2) is 19.5 Å². The number of hydrogen-bond donors (Lipinski definition) is 0. The van der Waals surface area contributed by atoms with Gasteiger partial charge in [0.2, 0.25) is 0 Å². The third-order valence-corrected chi connectivity index (χ3v) is 1.79. The molecule has 0 amide bonds. The normalized spacial score (nSPS) is 10.4. The number of aromatic nitrogens is 4. The summed E-state index contributed by atoms with van der Waals surface area (Å²) in [7, 11) is 0. The number of halogens is 1. The van der Waals surface area contributed by atoms with Crippen LogP contribution in [0.4, 0.5) is 0 Å². The molecule has 0 radical (unpaired) electrons. The molecule has 60 valence electrons. The van der Waals surface area contributed by atoms with Gasteiger partial charge in [-0.1, -0.05) is 18.2 Å². The Morgan fingerprint density at radius 2 is 2.25 bits per heavy atom. The Hall–Kier alpha value is -1.42. The fourth-order valence-corrected chi connectivity index (χ4v) is 1.13. The van der Waals surface area contributed by atoms with Crippen molar-refractivity contribution < 1.29 is 0 Å². The molecule has 2 heterocycles. The highest BCUT2D eigenvalue weighted by Crippen LogP contribution is 2.16. The van der Waals surface area contributed by atoms with Crippen LogP contribution in [0.3, 0.4) is 0 Å². The highest BCUT2D eigenvalue weighted by atomic mass is 35.5. The summed E-state index contributed by atoms with van der Waals surface area (Å²) in [4.78, 5) is 11.8. The second-order valence-corrected chi connectivity index (χ2v) is 2.53. The number of hydrogen-bond acceptors (Lipinski definition) is 3. The van der Waals surface area contributed by atoms with Gasteiger partial charge in [-0.3, -0.25) is 4.57 Å². The molecule has 0 aromatic carbocycles. The molecule has 0 saturated heterocycles. The van der Waals surface area contributed by atoms with Crippen LogP contribution in [0.5, 0.6) is 0 Å². The minimum absolute atomic E-state index is 0.362. The molecule has 2 rings (SSSR count). The summed E-state index contributed by atoms with van der Waals surface area (Å²) < 4.78 is 1.68. The lowest BCUT2D eigenvalue weighted by Crippen LogP contribution is -1.87. The summed E-state index contributed by atoms with van der Waals surface area (Å²) in [5.41, 5.74) is 1.27. The molecule has 5 heteroatoms. The fraction of sp³-hybridized carbons (Fsp3) is 0. The van der Waals surface area contributed by atoms with E-state index in [1.54, 1.807) is 17.1 Å². The van der Waals surface area contributed by atoms with Gasteiger partial charge in [0.05, 0.1) is 0 Å². The van der Waals surface area contributed by atoms with Crippen LogP contribution in [0, 0.1) is 0 Å². The molecule has 4 nitrogen and oxygen atoms in total. The summed E-state index contributed by atoms with van der Waals surface area (Å²) in [6, 6.07) is 0. The van der Waals surface area contributed by atoms with Gasteiger partial charge >= 0.3 is 0 Å². The molecule has 0 fully saturated rings. The highest BCUT2D eigenvalue weighted by Gasteiger charge is 2.05. The Morgan fingerprint density at radius 1 is 1.42 bits per heavy atom. The van der Waals surface area contributed by atoms with Gasteiger partial charge in [0, 0.05) is 6.20 Å². The maximum atomic E-state index is 5.77. The predicted molar refractivity (Wildman–Crippen MR) is 46.7 cm³/mol. The van der Waals surface area contributed by atoms with Gasteiger partial charge < -0.3 is 0 Å². The molecular formula is C7H5ClN4. The smallest absolute Gasteiger partial charge is 0.168 e. The van der Waals surface area contributed by atoms with Crippen molar-refractivity contribution in [2.45, 2.75) is 0 Å². The predicted octanol–water partition coefficient (Wildman–Crippen LogP) is 1.58. The van der Waals surface area contributed by atoms with Gasteiger partial charge in [0.25, 0.3) is 0 Å². The molecule has 2 aromatic rings. The topological polar surface area (TPSA) is 43.6 Å². The first kappa shape index (κ1) is 7.24. The molecule has 0 aliphatic heterocycles. The van der Waals surface area contributed by atoms with Gasteiger partial charge in [-0.25, -0.2) is 15.0 Å². The van der Waals surface area contributed by atoms with Crippen LogP contribution in [0.2, 0.25) is 5.15 Å². The first-order valence-electron chi connectivity index (χ1n) is 3.28. The summed E-state index contributed by atoms with van der Waals surface area (Å²) in [5, 5.41) is 0.362.